The second-order valence-corrected chi connectivity index (χ2v) is 8.47. The molecule has 2 aromatic heterocycles. The zero-order valence-corrected chi connectivity index (χ0v) is 19.1. The summed E-state index contributed by atoms with van der Waals surface area (Å²) in [6.07, 6.45) is 3.06. The van der Waals surface area contributed by atoms with Crippen LogP contribution in [0, 0.1) is 12.8 Å². The van der Waals surface area contributed by atoms with Gasteiger partial charge in [-0.3, -0.25) is 9.59 Å². The number of carbonyl (C=O) groups excluding carboxylic acids is 2. The maximum absolute atomic E-state index is 13.2. The maximum atomic E-state index is 13.2. The highest BCUT2D eigenvalue weighted by atomic mass is 79.9. The molecule has 0 aliphatic carbocycles. The molecule has 162 valence electrons. The van der Waals surface area contributed by atoms with Crippen molar-refractivity contribution in [3.05, 3.63) is 52.3 Å². The van der Waals surface area contributed by atoms with Crippen LogP contribution in [0.15, 0.2) is 45.5 Å². The molecule has 1 atom stereocenters. The summed E-state index contributed by atoms with van der Waals surface area (Å²) < 4.78 is 11.7. The Balaban J connectivity index is 1.61. The fourth-order valence-corrected chi connectivity index (χ4v) is 4.05. The van der Waals surface area contributed by atoms with E-state index in [4.69, 9.17) is 9.15 Å². The van der Waals surface area contributed by atoms with Crippen LogP contribution in [0.25, 0.3) is 11.0 Å². The molecule has 3 heterocycles. The first kappa shape index (κ1) is 21.4. The van der Waals surface area contributed by atoms with Crippen LogP contribution < -0.4 is 5.32 Å². The molecule has 1 amide bonds. The molecule has 1 saturated heterocycles. The first-order valence-electron chi connectivity index (χ1n) is 10.3. The van der Waals surface area contributed by atoms with Crippen LogP contribution >= 0.6 is 15.9 Å². The molecule has 31 heavy (non-hydrogen) atoms. The average molecular weight is 486 g/mol. The van der Waals surface area contributed by atoms with E-state index in [0.29, 0.717) is 31.1 Å². The Morgan fingerprint density at radius 1 is 1.32 bits per heavy atom. The molecular weight excluding hydrogens is 462 g/mol. The number of nitrogens with zero attached hydrogens (tertiary/aromatic N) is 2. The number of amides is 1. The van der Waals surface area contributed by atoms with Crippen molar-refractivity contribution >= 4 is 50.3 Å². The summed E-state index contributed by atoms with van der Waals surface area (Å²) in [5.41, 5.74) is 2.80. The summed E-state index contributed by atoms with van der Waals surface area (Å²) in [5.74, 6) is -0.214. The molecule has 8 heteroatoms. The van der Waals surface area contributed by atoms with Gasteiger partial charge in [0.05, 0.1) is 24.2 Å². The lowest BCUT2D eigenvalue weighted by Crippen LogP contribution is -2.43. The first-order chi connectivity index (χ1) is 15.0. The molecule has 1 aliphatic rings. The SMILES string of the molecule is CCOC(=O)C1CCCN(C(=O)c2cc3occc3c(Nc3ccc(Br)c(C)c3)n2)C1. The third-order valence-electron chi connectivity index (χ3n) is 5.42. The largest absolute Gasteiger partial charge is 0.466 e. The number of ether oxygens (including phenoxy) is 1. The van der Waals surface area contributed by atoms with E-state index >= 15 is 0 Å². The van der Waals surface area contributed by atoms with Crippen LogP contribution in [-0.2, 0) is 9.53 Å². The van der Waals surface area contributed by atoms with Gasteiger partial charge in [0.2, 0.25) is 0 Å². The van der Waals surface area contributed by atoms with Gasteiger partial charge in [0.15, 0.2) is 0 Å². The van der Waals surface area contributed by atoms with E-state index in [0.717, 1.165) is 34.0 Å². The lowest BCUT2D eigenvalue weighted by atomic mass is 9.98. The molecule has 1 unspecified atom stereocenters. The van der Waals surface area contributed by atoms with Crippen LogP contribution in [0.2, 0.25) is 0 Å². The molecule has 1 fully saturated rings. The highest BCUT2D eigenvalue weighted by Crippen LogP contribution is 2.29. The number of hydrogen-bond donors (Lipinski definition) is 1. The molecule has 0 saturated carbocycles. The van der Waals surface area contributed by atoms with Crippen molar-refractivity contribution in [2.45, 2.75) is 26.7 Å². The first-order valence-corrected chi connectivity index (χ1v) is 11.1. The number of benzene rings is 1. The fourth-order valence-electron chi connectivity index (χ4n) is 3.81. The van der Waals surface area contributed by atoms with Crippen molar-refractivity contribution in [1.29, 1.82) is 0 Å². The molecule has 1 aromatic carbocycles. The number of likely N-dealkylation sites (tertiary alicyclic amines) is 1. The minimum Gasteiger partial charge on any atom is -0.466 e. The number of rotatable bonds is 5. The molecule has 4 rings (SSSR count). The minimum absolute atomic E-state index is 0.220. The molecule has 7 nitrogen and oxygen atoms in total. The zero-order valence-electron chi connectivity index (χ0n) is 17.5. The van der Waals surface area contributed by atoms with E-state index in [9.17, 15) is 9.59 Å². The van der Waals surface area contributed by atoms with Gasteiger partial charge in [0.25, 0.3) is 5.91 Å². The van der Waals surface area contributed by atoms with E-state index in [2.05, 4.69) is 26.2 Å². The van der Waals surface area contributed by atoms with Gasteiger partial charge in [0.1, 0.15) is 17.1 Å². The molecular formula is C23H24BrN3O4. The third-order valence-corrected chi connectivity index (χ3v) is 6.31. The van der Waals surface area contributed by atoms with E-state index in [-0.39, 0.29) is 23.5 Å². The Labute approximate surface area is 188 Å². The van der Waals surface area contributed by atoms with Crippen LogP contribution in [0.4, 0.5) is 11.5 Å². The summed E-state index contributed by atoms with van der Waals surface area (Å²) in [5, 5.41) is 4.10. The average Bonchev–Trinajstić information content (AvgIpc) is 3.25. The number of carbonyl (C=O) groups is 2. The van der Waals surface area contributed by atoms with Gasteiger partial charge in [-0.1, -0.05) is 15.9 Å². The Kier molecular flexibility index (Phi) is 6.27. The Morgan fingerprint density at radius 3 is 2.94 bits per heavy atom. The number of nitrogens with one attached hydrogen (secondary N) is 1. The Bertz CT molecular complexity index is 1130. The number of anilines is 2. The van der Waals surface area contributed by atoms with Crippen LogP contribution in [0.3, 0.4) is 0 Å². The standard InChI is InChI=1S/C23H24BrN3O4/c1-3-30-23(29)15-5-4-9-27(13-15)22(28)19-12-20-17(8-10-31-20)21(26-19)25-16-6-7-18(24)14(2)11-16/h6-8,10-12,15H,3-5,9,13H2,1-2H3,(H,25,26). The number of halogens is 1. The predicted octanol–water partition coefficient (Wildman–Crippen LogP) is 5.06. The number of aromatic nitrogens is 1. The second-order valence-electron chi connectivity index (χ2n) is 7.62. The normalized spacial score (nSPS) is 16.4. The fraction of sp³-hybridized carbons (Fsp3) is 0.348. The van der Waals surface area contributed by atoms with Crippen LogP contribution in [0.1, 0.15) is 35.8 Å². The quantitative estimate of drug-likeness (QED) is 0.508. The van der Waals surface area contributed by atoms with Gasteiger partial charge < -0.3 is 19.4 Å². The van der Waals surface area contributed by atoms with Crippen LogP contribution in [0.5, 0.6) is 0 Å². The van der Waals surface area contributed by atoms with Crippen molar-refractivity contribution in [3.8, 4) is 0 Å². The van der Waals surface area contributed by atoms with E-state index in [1.165, 1.54) is 0 Å². The molecule has 3 aromatic rings. The predicted molar refractivity (Wildman–Crippen MR) is 121 cm³/mol. The number of hydrogen-bond acceptors (Lipinski definition) is 6. The van der Waals surface area contributed by atoms with Crippen molar-refractivity contribution in [2.24, 2.45) is 5.92 Å². The highest BCUT2D eigenvalue weighted by molar-refractivity contribution is 9.10. The second kappa shape index (κ2) is 9.09. The monoisotopic (exact) mass is 485 g/mol. The number of aryl methyl sites for hydroxylation is 1. The van der Waals surface area contributed by atoms with E-state index < -0.39 is 0 Å². The van der Waals surface area contributed by atoms with Gasteiger partial charge in [-0.05, 0) is 56.5 Å². The summed E-state index contributed by atoms with van der Waals surface area (Å²) in [7, 11) is 0. The summed E-state index contributed by atoms with van der Waals surface area (Å²) in [6.45, 7) is 5.05. The molecule has 1 N–H and O–H groups in total. The van der Waals surface area contributed by atoms with Gasteiger partial charge in [0, 0.05) is 29.3 Å². The number of piperidine rings is 1. The smallest absolute Gasteiger partial charge is 0.310 e. The zero-order chi connectivity index (χ0) is 22.0. The lowest BCUT2D eigenvalue weighted by molar-refractivity contribution is -0.149. The van der Waals surface area contributed by atoms with Crippen molar-refractivity contribution in [2.75, 3.05) is 25.0 Å². The number of furan rings is 1. The number of pyridine rings is 1. The van der Waals surface area contributed by atoms with E-state index in [1.807, 2.05) is 31.2 Å². The molecule has 0 spiro atoms. The summed E-state index contributed by atoms with van der Waals surface area (Å²) in [6, 6.07) is 9.38. The molecule has 0 radical (unpaired) electrons. The topological polar surface area (TPSA) is 84.7 Å². The van der Waals surface area contributed by atoms with E-state index in [1.54, 1.807) is 24.2 Å². The highest BCUT2D eigenvalue weighted by Gasteiger charge is 2.30. The van der Waals surface area contributed by atoms with Crippen molar-refractivity contribution in [3.63, 3.8) is 0 Å². The summed E-state index contributed by atoms with van der Waals surface area (Å²) in [4.78, 5) is 31.7. The molecule has 1 aliphatic heterocycles. The van der Waals surface area contributed by atoms with Gasteiger partial charge in [-0.2, -0.15) is 0 Å². The Morgan fingerprint density at radius 2 is 2.16 bits per heavy atom. The minimum atomic E-state index is -0.298. The van der Waals surface area contributed by atoms with Gasteiger partial charge in [-0.25, -0.2) is 4.98 Å². The maximum Gasteiger partial charge on any atom is 0.310 e. The summed E-state index contributed by atoms with van der Waals surface area (Å²) >= 11 is 3.51. The van der Waals surface area contributed by atoms with Gasteiger partial charge in [-0.15, -0.1) is 0 Å². The third kappa shape index (κ3) is 4.58. The Hall–Kier alpha value is -2.87. The van der Waals surface area contributed by atoms with Crippen LogP contribution in [-0.4, -0.2) is 41.5 Å². The molecule has 0 bridgehead atoms. The lowest BCUT2D eigenvalue weighted by Gasteiger charge is -2.31. The van der Waals surface area contributed by atoms with Gasteiger partial charge >= 0.3 is 5.97 Å². The number of fused-ring (bicyclic) bond motifs is 1. The number of esters is 1. The van der Waals surface area contributed by atoms with Crippen molar-refractivity contribution < 1.29 is 18.7 Å². The van der Waals surface area contributed by atoms with Crippen molar-refractivity contribution in [1.82, 2.24) is 9.88 Å².